The normalized spacial score (nSPS) is 20.9. The lowest BCUT2D eigenvalue weighted by atomic mass is 9.80. The molecule has 128 valence electrons. The second-order valence-electron chi connectivity index (χ2n) is 6.68. The monoisotopic (exact) mass is 322 g/mol. The van der Waals surface area contributed by atoms with Crippen LogP contribution in [-0.2, 0) is 0 Å². The molecular weight excluding hydrogens is 292 g/mol. The van der Waals surface area contributed by atoms with Gasteiger partial charge in [-0.2, -0.15) is 0 Å². The molecule has 0 radical (unpaired) electrons. The van der Waals surface area contributed by atoms with Crippen LogP contribution >= 0.6 is 0 Å². The maximum Gasteiger partial charge on any atom is 0.118 e. The Morgan fingerprint density at radius 1 is 1.04 bits per heavy atom. The van der Waals surface area contributed by atoms with Crippen LogP contribution in [0.1, 0.15) is 57.4 Å². The first-order valence-electron chi connectivity index (χ1n) is 9.30. The molecule has 24 heavy (non-hydrogen) atoms. The van der Waals surface area contributed by atoms with Crippen molar-refractivity contribution >= 4 is 6.08 Å². The van der Waals surface area contributed by atoms with E-state index < -0.39 is 0 Å². The summed E-state index contributed by atoms with van der Waals surface area (Å²) in [6, 6.07) is 7.99. The van der Waals surface area contributed by atoms with E-state index in [-0.39, 0.29) is 0 Å². The molecule has 0 aromatic heterocycles. The number of benzene rings is 1. The summed E-state index contributed by atoms with van der Waals surface area (Å²) >= 11 is 0. The summed E-state index contributed by atoms with van der Waals surface area (Å²) in [6.45, 7) is 2.29. The minimum atomic E-state index is 0.739. The third kappa shape index (κ3) is 6.67. The van der Waals surface area contributed by atoms with Gasteiger partial charge in [-0.15, -0.1) is 0 Å². The lowest BCUT2D eigenvalue weighted by Crippen LogP contribution is -2.12. The molecule has 0 saturated heterocycles. The van der Waals surface area contributed by atoms with Crippen molar-refractivity contribution in [3.05, 3.63) is 48.1 Å². The number of methoxy groups -OCH3 is 1. The molecule has 0 unspecified atom stereocenters. The van der Waals surface area contributed by atoms with Gasteiger partial charge in [-0.25, -0.2) is 0 Å². The third-order valence-corrected chi connectivity index (χ3v) is 4.87. The predicted octanol–water partition coefficient (Wildman–Crippen LogP) is 6.26. The lowest BCUT2D eigenvalue weighted by molar-refractivity contribution is 0.291. The van der Waals surface area contributed by atoms with E-state index in [1.54, 1.807) is 7.11 Å². The van der Waals surface area contributed by atoms with Gasteiger partial charge in [0.05, 0.1) is 7.11 Å². The number of hydrogen-bond donors (Lipinski definition) is 0. The van der Waals surface area contributed by atoms with Crippen LogP contribution in [0.4, 0.5) is 0 Å². The zero-order chi connectivity index (χ0) is 17.0. The average molecular weight is 322 g/mol. The van der Waals surface area contributed by atoms with E-state index >= 15 is 0 Å². The van der Waals surface area contributed by atoms with Crippen LogP contribution in [0.5, 0.6) is 5.75 Å². The van der Waals surface area contributed by atoms with Crippen molar-refractivity contribution < 1.29 is 4.74 Å². The van der Waals surface area contributed by atoms with Crippen molar-refractivity contribution in [1.29, 1.82) is 0 Å². The molecule has 1 saturated carbocycles. The molecule has 1 aliphatic carbocycles. The van der Waals surface area contributed by atoms with Gasteiger partial charge >= 0.3 is 0 Å². The largest absolute Gasteiger partial charge is 0.497 e. The van der Waals surface area contributed by atoms with Crippen LogP contribution in [0.15, 0.2) is 42.5 Å². The highest BCUT2D eigenvalue weighted by Crippen LogP contribution is 2.32. The van der Waals surface area contributed by atoms with Gasteiger partial charge in [-0.3, -0.25) is 0 Å². The van der Waals surface area contributed by atoms with Crippen LogP contribution in [0.3, 0.4) is 0 Å². The van der Waals surface area contributed by atoms with Crippen LogP contribution in [0, 0.1) is 23.7 Å². The SMILES string of the molecule is CCCC[C@H]1CC[C@H](C=CC#CC=Cc2ccc(OC)cc2)CC1. The second-order valence-corrected chi connectivity index (χ2v) is 6.68. The number of ether oxygens (including phenoxy) is 1. The first-order valence-corrected chi connectivity index (χ1v) is 9.30. The molecule has 0 spiro atoms. The Labute approximate surface area is 147 Å². The summed E-state index contributed by atoms with van der Waals surface area (Å²) < 4.78 is 5.15. The highest BCUT2D eigenvalue weighted by Gasteiger charge is 2.18. The van der Waals surface area contributed by atoms with Gasteiger partial charge in [0.25, 0.3) is 0 Å². The number of allylic oxidation sites excluding steroid dienone is 3. The first-order chi connectivity index (χ1) is 11.8. The summed E-state index contributed by atoms with van der Waals surface area (Å²) in [5, 5.41) is 0. The van der Waals surface area contributed by atoms with Crippen LogP contribution in [0.2, 0.25) is 0 Å². The molecule has 1 fully saturated rings. The van der Waals surface area contributed by atoms with Crippen molar-refractivity contribution in [2.24, 2.45) is 11.8 Å². The molecule has 2 rings (SSSR count). The fourth-order valence-electron chi connectivity index (χ4n) is 3.30. The Balaban J connectivity index is 1.70. The third-order valence-electron chi connectivity index (χ3n) is 4.87. The van der Waals surface area contributed by atoms with Gasteiger partial charge in [-0.05, 0) is 73.4 Å². The lowest BCUT2D eigenvalue weighted by Gasteiger charge is -2.26. The van der Waals surface area contributed by atoms with E-state index in [0.29, 0.717) is 0 Å². The maximum absolute atomic E-state index is 5.15. The fourth-order valence-corrected chi connectivity index (χ4v) is 3.30. The molecule has 0 atom stereocenters. The molecule has 0 N–H and O–H groups in total. The van der Waals surface area contributed by atoms with E-state index in [2.05, 4.69) is 24.8 Å². The van der Waals surface area contributed by atoms with E-state index in [1.807, 2.05) is 42.5 Å². The van der Waals surface area contributed by atoms with Crippen molar-refractivity contribution in [3.63, 3.8) is 0 Å². The van der Waals surface area contributed by atoms with Gasteiger partial charge in [0.15, 0.2) is 0 Å². The number of rotatable bonds is 6. The zero-order valence-electron chi connectivity index (χ0n) is 15.1. The average Bonchev–Trinajstić information content (AvgIpc) is 2.64. The quantitative estimate of drug-likeness (QED) is 0.561. The fraction of sp³-hybridized carbons (Fsp3) is 0.478. The first kappa shape index (κ1) is 18.4. The van der Waals surface area contributed by atoms with Gasteiger partial charge in [-0.1, -0.05) is 56.2 Å². The van der Waals surface area contributed by atoms with Crippen molar-refractivity contribution in [3.8, 4) is 17.6 Å². The Kier molecular flexibility index (Phi) is 8.25. The summed E-state index contributed by atoms with van der Waals surface area (Å²) in [7, 11) is 1.68. The summed E-state index contributed by atoms with van der Waals surface area (Å²) in [5.74, 6) is 8.82. The molecule has 1 heteroatoms. The number of unbranched alkanes of at least 4 members (excludes halogenated alkanes) is 1. The molecule has 0 heterocycles. The molecule has 0 amide bonds. The van der Waals surface area contributed by atoms with Crippen molar-refractivity contribution in [2.75, 3.05) is 7.11 Å². The van der Waals surface area contributed by atoms with E-state index in [9.17, 15) is 0 Å². The maximum atomic E-state index is 5.15. The molecule has 1 aromatic rings. The molecule has 1 aliphatic rings. The Bertz CT molecular complexity index is 575. The summed E-state index contributed by atoms with van der Waals surface area (Å²) in [4.78, 5) is 0. The highest BCUT2D eigenvalue weighted by molar-refractivity contribution is 5.54. The van der Waals surface area contributed by atoms with Crippen LogP contribution < -0.4 is 4.74 Å². The standard InChI is InChI=1S/C23H30O/c1-3-4-9-20-12-14-21(15-13-20)10-7-5-6-8-11-22-16-18-23(24-2)19-17-22/h7-8,10-11,16-21H,3-4,9,12-15H2,1-2H3/t20-,21-. The zero-order valence-corrected chi connectivity index (χ0v) is 15.1. The van der Waals surface area contributed by atoms with Gasteiger partial charge in [0.1, 0.15) is 5.75 Å². The highest BCUT2D eigenvalue weighted by atomic mass is 16.5. The van der Waals surface area contributed by atoms with Gasteiger partial charge < -0.3 is 4.74 Å². The van der Waals surface area contributed by atoms with Crippen LogP contribution in [-0.4, -0.2) is 7.11 Å². The molecule has 0 aliphatic heterocycles. The van der Waals surface area contributed by atoms with Gasteiger partial charge in [0, 0.05) is 0 Å². The number of hydrogen-bond acceptors (Lipinski definition) is 1. The summed E-state index contributed by atoms with van der Waals surface area (Å²) in [6.07, 6.45) is 17.9. The van der Waals surface area contributed by atoms with Crippen molar-refractivity contribution in [2.45, 2.75) is 51.9 Å². The van der Waals surface area contributed by atoms with Crippen molar-refractivity contribution in [1.82, 2.24) is 0 Å². The van der Waals surface area contributed by atoms with Gasteiger partial charge in [0.2, 0.25) is 0 Å². The minimum Gasteiger partial charge on any atom is -0.497 e. The molecule has 1 aromatic carbocycles. The Morgan fingerprint density at radius 3 is 2.42 bits per heavy atom. The van der Waals surface area contributed by atoms with Crippen LogP contribution in [0.25, 0.3) is 6.08 Å². The minimum absolute atomic E-state index is 0.739. The van der Waals surface area contributed by atoms with E-state index in [0.717, 1.165) is 23.1 Å². The molecule has 0 bridgehead atoms. The van der Waals surface area contributed by atoms with E-state index in [1.165, 1.54) is 44.9 Å². The Hall–Kier alpha value is -1.94. The second kappa shape index (κ2) is 10.8. The molecule has 1 nitrogen and oxygen atoms in total. The predicted molar refractivity (Wildman–Crippen MR) is 104 cm³/mol. The Morgan fingerprint density at radius 2 is 1.75 bits per heavy atom. The van der Waals surface area contributed by atoms with E-state index in [4.69, 9.17) is 4.74 Å². The smallest absolute Gasteiger partial charge is 0.118 e. The summed E-state index contributed by atoms with van der Waals surface area (Å²) in [5.41, 5.74) is 1.14. The molecular formula is C23H30O. The topological polar surface area (TPSA) is 9.23 Å².